The van der Waals surface area contributed by atoms with E-state index in [4.69, 9.17) is 5.11 Å². The van der Waals surface area contributed by atoms with Crippen LogP contribution >= 0.6 is 11.8 Å². The fraction of sp³-hybridized carbons (Fsp3) is 1.00. The maximum atomic E-state index is 9.04. The molecule has 0 saturated carbocycles. The van der Waals surface area contributed by atoms with E-state index in [0.29, 0.717) is 5.25 Å². The van der Waals surface area contributed by atoms with Gasteiger partial charge in [-0.1, -0.05) is 6.92 Å². The number of thioether (sulfide) groups is 1. The molecular formula is C6H12OS. The second-order valence-electron chi connectivity index (χ2n) is 2.33. The summed E-state index contributed by atoms with van der Waals surface area (Å²) in [7, 11) is 0. The second kappa shape index (κ2) is 2.74. The third-order valence-electron chi connectivity index (χ3n) is 1.45. The van der Waals surface area contributed by atoms with Crippen LogP contribution in [0.4, 0.5) is 0 Å². The van der Waals surface area contributed by atoms with Crippen molar-refractivity contribution in [1.82, 2.24) is 0 Å². The van der Waals surface area contributed by atoms with Crippen molar-refractivity contribution in [2.24, 2.45) is 0 Å². The predicted molar refractivity (Wildman–Crippen MR) is 36.9 cm³/mol. The maximum absolute atomic E-state index is 9.04. The van der Waals surface area contributed by atoms with Gasteiger partial charge in [0.25, 0.3) is 0 Å². The lowest BCUT2D eigenvalue weighted by Crippen LogP contribution is -2.13. The lowest BCUT2D eigenvalue weighted by molar-refractivity contribution is 0.241. The molecule has 0 spiro atoms. The normalized spacial score (nSPS) is 39.8. The first-order chi connectivity index (χ1) is 3.79. The molecule has 1 saturated heterocycles. The summed E-state index contributed by atoms with van der Waals surface area (Å²) in [5.74, 6) is 0. The van der Waals surface area contributed by atoms with E-state index < -0.39 is 0 Å². The van der Waals surface area contributed by atoms with Gasteiger partial charge < -0.3 is 5.11 Å². The summed E-state index contributed by atoms with van der Waals surface area (Å²) in [6, 6.07) is 0. The van der Waals surface area contributed by atoms with Crippen molar-refractivity contribution in [2.45, 2.75) is 36.9 Å². The molecule has 1 heterocycles. The highest BCUT2D eigenvalue weighted by Gasteiger charge is 2.15. The van der Waals surface area contributed by atoms with Crippen LogP contribution in [0, 0.1) is 0 Å². The molecule has 48 valence electrons. The molecule has 1 N–H and O–H groups in total. The molecule has 0 radical (unpaired) electrons. The Morgan fingerprint density at radius 2 is 2.25 bits per heavy atom. The van der Waals surface area contributed by atoms with Gasteiger partial charge >= 0.3 is 0 Å². The SMILES string of the molecule is CC1CCCC(O)S1. The summed E-state index contributed by atoms with van der Waals surface area (Å²) in [5.41, 5.74) is -0.0706. The maximum Gasteiger partial charge on any atom is 0.0995 e. The Labute approximate surface area is 54.5 Å². The van der Waals surface area contributed by atoms with Crippen LogP contribution in [-0.2, 0) is 0 Å². The number of hydrogen-bond acceptors (Lipinski definition) is 2. The van der Waals surface area contributed by atoms with E-state index >= 15 is 0 Å². The van der Waals surface area contributed by atoms with Gasteiger partial charge in [0.15, 0.2) is 0 Å². The zero-order chi connectivity index (χ0) is 5.98. The summed E-state index contributed by atoms with van der Waals surface area (Å²) >= 11 is 1.70. The number of aliphatic hydroxyl groups is 1. The molecule has 2 heteroatoms. The van der Waals surface area contributed by atoms with E-state index in [1.807, 2.05) is 0 Å². The number of rotatable bonds is 0. The van der Waals surface area contributed by atoms with E-state index in [1.165, 1.54) is 12.8 Å². The summed E-state index contributed by atoms with van der Waals surface area (Å²) in [4.78, 5) is 0. The van der Waals surface area contributed by atoms with Gasteiger partial charge in [0, 0.05) is 5.25 Å². The monoisotopic (exact) mass is 132 g/mol. The molecule has 8 heavy (non-hydrogen) atoms. The van der Waals surface area contributed by atoms with Gasteiger partial charge in [0.05, 0.1) is 5.44 Å². The first-order valence-corrected chi connectivity index (χ1v) is 4.07. The van der Waals surface area contributed by atoms with Crippen LogP contribution in [0.3, 0.4) is 0 Å². The summed E-state index contributed by atoms with van der Waals surface area (Å²) in [6.45, 7) is 2.17. The lowest BCUT2D eigenvalue weighted by atomic mass is 10.2. The molecule has 1 aliphatic heterocycles. The Hall–Kier alpha value is 0.310. The molecule has 1 fully saturated rings. The fourth-order valence-corrected chi connectivity index (χ4v) is 2.13. The van der Waals surface area contributed by atoms with Gasteiger partial charge in [-0.2, -0.15) is 0 Å². The molecule has 0 aromatic rings. The fourth-order valence-electron chi connectivity index (χ4n) is 0.984. The van der Waals surface area contributed by atoms with Crippen molar-refractivity contribution in [3.8, 4) is 0 Å². The summed E-state index contributed by atoms with van der Waals surface area (Å²) in [5, 5.41) is 9.72. The van der Waals surface area contributed by atoms with Crippen LogP contribution in [0.1, 0.15) is 26.2 Å². The van der Waals surface area contributed by atoms with Crippen molar-refractivity contribution < 1.29 is 5.11 Å². The van der Waals surface area contributed by atoms with E-state index in [0.717, 1.165) is 6.42 Å². The van der Waals surface area contributed by atoms with Crippen LogP contribution in [0.25, 0.3) is 0 Å². The Kier molecular flexibility index (Phi) is 2.20. The van der Waals surface area contributed by atoms with Crippen molar-refractivity contribution in [3.63, 3.8) is 0 Å². The minimum atomic E-state index is -0.0706. The van der Waals surface area contributed by atoms with Gasteiger partial charge in [-0.3, -0.25) is 0 Å². The average Bonchev–Trinajstić information content (AvgIpc) is 1.64. The molecule has 0 aliphatic carbocycles. The smallest absolute Gasteiger partial charge is 0.0995 e. The van der Waals surface area contributed by atoms with Crippen molar-refractivity contribution >= 4 is 11.8 Å². The van der Waals surface area contributed by atoms with Crippen molar-refractivity contribution in [3.05, 3.63) is 0 Å². The second-order valence-corrected chi connectivity index (χ2v) is 3.95. The van der Waals surface area contributed by atoms with Gasteiger partial charge in [-0.25, -0.2) is 0 Å². The van der Waals surface area contributed by atoms with Gasteiger partial charge in [0.2, 0.25) is 0 Å². The van der Waals surface area contributed by atoms with Crippen LogP contribution < -0.4 is 0 Å². The number of hydrogen-bond donors (Lipinski definition) is 1. The van der Waals surface area contributed by atoms with Crippen LogP contribution in [0.2, 0.25) is 0 Å². The Bertz CT molecular complexity index is 66.9. The van der Waals surface area contributed by atoms with E-state index in [-0.39, 0.29) is 5.44 Å². The molecule has 0 amide bonds. The first kappa shape index (κ1) is 6.43. The zero-order valence-corrected chi connectivity index (χ0v) is 5.95. The van der Waals surface area contributed by atoms with Crippen molar-refractivity contribution in [1.29, 1.82) is 0 Å². The highest BCUT2D eigenvalue weighted by atomic mass is 32.2. The van der Waals surface area contributed by atoms with E-state index in [9.17, 15) is 0 Å². The predicted octanol–water partition coefficient (Wildman–Crippen LogP) is 1.61. The Balaban J connectivity index is 2.23. The van der Waals surface area contributed by atoms with Crippen LogP contribution in [-0.4, -0.2) is 15.8 Å². The van der Waals surface area contributed by atoms with Crippen LogP contribution in [0.15, 0.2) is 0 Å². The Morgan fingerprint density at radius 1 is 1.50 bits per heavy atom. The molecule has 1 nitrogen and oxygen atoms in total. The quantitative estimate of drug-likeness (QED) is 0.540. The van der Waals surface area contributed by atoms with E-state index in [1.54, 1.807) is 11.8 Å². The van der Waals surface area contributed by atoms with Crippen molar-refractivity contribution in [2.75, 3.05) is 0 Å². The third-order valence-corrected chi connectivity index (χ3v) is 2.70. The third kappa shape index (κ3) is 1.67. The van der Waals surface area contributed by atoms with Gasteiger partial charge in [-0.15, -0.1) is 11.8 Å². The molecule has 2 atom stereocenters. The minimum absolute atomic E-state index is 0.0706. The Morgan fingerprint density at radius 3 is 2.62 bits per heavy atom. The molecule has 0 aromatic heterocycles. The van der Waals surface area contributed by atoms with Crippen LogP contribution in [0.5, 0.6) is 0 Å². The highest BCUT2D eigenvalue weighted by molar-refractivity contribution is 8.00. The zero-order valence-electron chi connectivity index (χ0n) is 5.13. The average molecular weight is 132 g/mol. The largest absolute Gasteiger partial charge is 0.382 e. The standard InChI is InChI=1S/C6H12OS/c1-5-3-2-4-6(7)8-5/h5-7H,2-4H2,1H3. The topological polar surface area (TPSA) is 20.2 Å². The molecule has 0 bridgehead atoms. The molecular weight excluding hydrogens is 120 g/mol. The molecule has 2 unspecified atom stereocenters. The molecule has 1 rings (SSSR count). The summed E-state index contributed by atoms with van der Waals surface area (Å²) in [6.07, 6.45) is 3.48. The molecule has 1 aliphatic rings. The van der Waals surface area contributed by atoms with Gasteiger partial charge in [0.1, 0.15) is 0 Å². The van der Waals surface area contributed by atoms with E-state index in [2.05, 4.69) is 6.92 Å². The lowest BCUT2D eigenvalue weighted by Gasteiger charge is -2.21. The molecule has 0 aromatic carbocycles. The highest BCUT2D eigenvalue weighted by Crippen LogP contribution is 2.29. The van der Waals surface area contributed by atoms with Gasteiger partial charge in [-0.05, 0) is 19.3 Å². The minimum Gasteiger partial charge on any atom is -0.382 e. The number of aliphatic hydroxyl groups excluding tert-OH is 1. The summed E-state index contributed by atoms with van der Waals surface area (Å²) < 4.78 is 0. The first-order valence-electron chi connectivity index (χ1n) is 3.12.